The Morgan fingerprint density at radius 2 is 1.51 bits per heavy atom. The Morgan fingerprint density at radius 3 is 2.15 bits per heavy atom. The summed E-state index contributed by atoms with van der Waals surface area (Å²) in [5, 5.41) is 0.361. The summed E-state index contributed by atoms with van der Waals surface area (Å²) in [5.74, 6) is 1.83. The molecule has 0 spiro atoms. The average molecular weight is 859 g/mol. The number of rotatable bonds is 13. The number of carbonyl (C=O) groups excluding carboxylic acids is 1. The van der Waals surface area contributed by atoms with Gasteiger partial charge in [-0.25, -0.2) is 9.97 Å². The van der Waals surface area contributed by atoms with E-state index in [0.717, 1.165) is 59.7 Å². The zero-order chi connectivity index (χ0) is 38.1. The van der Waals surface area contributed by atoms with Gasteiger partial charge in [0.15, 0.2) is 5.75 Å². The van der Waals surface area contributed by atoms with Crippen LogP contribution in [0.1, 0.15) is 33.4 Å². The average Bonchev–Trinajstić information content (AvgIpc) is 3.16. The van der Waals surface area contributed by atoms with Crippen molar-refractivity contribution in [2.75, 3.05) is 32.8 Å². The number of ether oxygens (including phenoxy) is 3. The van der Waals surface area contributed by atoms with Gasteiger partial charge in [0.05, 0.1) is 29.6 Å². The van der Waals surface area contributed by atoms with Crippen LogP contribution in [0, 0.1) is 6.92 Å². The van der Waals surface area contributed by atoms with Gasteiger partial charge in [-0.2, -0.15) is 13.2 Å². The number of carbonyl (C=O) groups is 1. The Bertz CT molecular complexity index is 2020. The highest BCUT2D eigenvalue weighted by Gasteiger charge is 2.30. The maximum absolute atomic E-state index is 13.0. The fraction of sp³-hybridized carbons (Fsp3) is 0.244. The van der Waals surface area contributed by atoms with E-state index in [4.69, 9.17) is 25.8 Å². The Kier molecular flexibility index (Phi) is 14.6. The number of amides is 1. The summed E-state index contributed by atoms with van der Waals surface area (Å²) in [5.41, 5.74) is 3.83. The molecule has 1 aliphatic rings. The number of piperazine rings is 1. The summed E-state index contributed by atoms with van der Waals surface area (Å²) < 4.78 is 56.6. The largest absolute Gasteiger partial charge is 0.492 e. The van der Waals surface area contributed by atoms with Crippen LogP contribution in [0.15, 0.2) is 108 Å². The molecule has 0 radical (unpaired) electrons. The Labute approximate surface area is 337 Å². The van der Waals surface area contributed by atoms with E-state index >= 15 is 0 Å². The predicted molar refractivity (Wildman–Crippen MR) is 212 cm³/mol. The van der Waals surface area contributed by atoms with Gasteiger partial charge in [0.1, 0.15) is 22.7 Å². The first-order valence-electron chi connectivity index (χ1n) is 17.2. The standard InChI is InChI=1S/C41H37BrClF3N4O4.ClH/c1-28-22-32(23-36(43)40(28)54-38-14-12-35(25-48-38)53-27-31-6-9-33(10-7-31)41(44,45)46)8-15-39(51)50-19-17-49(18-20-50)26-30-4-2-29(3-5-30)16-21-52-34-11-13-37(42)47-24-34;/h2-15,22-25H,16-21,26-27H2,1H3;1H/b15-8+;. The molecule has 0 aliphatic carbocycles. The van der Waals surface area contributed by atoms with Crippen LogP contribution >= 0.6 is 39.9 Å². The Balaban J connectivity index is 0.00000580. The van der Waals surface area contributed by atoms with Crippen molar-refractivity contribution in [2.24, 2.45) is 0 Å². The lowest BCUT2D eigenvalue weighted by atomic mass is 10.1. The highest BCUT2D eigenvalue weighted by atomic mass is 79.9. The number of benzene rings is 3. The van der Waals surface area contributed by atoms with Crippen molar-refractivity contribution < 1.29 is 32.2 Å². The first kappa shape index (κ1) is 41.5. The molecule has 1 fully saturated rings. The molecule has 1 amide bonds. The van der Waals surface area contributed by atoms with E-state index in [9.17, 15) is 18.0 Å². The summed E-state index contributed by atoms with van der Waals surface area (Å²) in [6.07, 6.45) is 2.90. The van der Waals surface area contributed by atoms with Gasteiger partial charge >= 0.3 is 6.18 Å². The Hall–Kier alpha value is -4.62. The maximum atomic E-state index is 13.0. The molecular weight excluding hydrogens is 820 g/mol. The predicted octanol–water partition coefficient (Wildman–Crippen LogP) is 9.99. The van der Waals surface area contributed by atoms with E-state index in [1.54, 1.807) is 36.5 Å². The highest BCUT2D eigenvalue weighted by Crippen LogP contribution is 2.34. The molecule has 3 heterocycles. The molecule has 0 unspecified atom stereocenters. The van der Waals surface area contributed by atoms with E-state index < -0.39 is 11.7 Å². The number of hydrogen-bond acceptors (Lipinski definition) is 7. The number of nitrogens with zero attached hydrogens (tertiary/aromatic N) is 4. The van der Waals surface area contributed by atoms with Crippen LogP contribution < -0.4 is 14.2 Å². The molecule has 0 N–H and O–H groups in total. The molecule has 0 bridgehead atoms. The molecule has 1 saturated heterocycles. The molecule has 0 saturated carbocycles. The minimum atomic E-state index is -4.39. The van der Waals surface area contributed by atoms with Crippen LogP contribution in [-0.2, 0) is 30.5 Å². The number of alkyl halides is 3. The number of halogens is 6. The van der Waals surface area contributed by atoms with Crippen molar-refractivity contribution in [1.29, 1.82) is 0 Å². The second kappa shape index (κ2) is 19.3. The molecule has 3 aromatic carbocycles. The van der Waals surface area contributed by atoms with Gasteiger partial charge in [0, 0.05) is 51.3 Å². The third kappa shape index (κ3) is 12.2. The van der Waals surface area contributed by atoms with E-state index in [0.29, 0.717) is 41.8 Å². The van der Waals surface area contributed by atoms with E-state index in [-0.39, 0.29) is 30.8 Å². The van der Waals surface area contributed by atoms with Crippen molar-refractivity contribution in [1.82, 2.24) is 19.8 Å². The minimum absolute atomic E-state index is 0. The van der Waals surface area contributed by atoms with Crippen molar-refractivity contribution in [2.45, 2.75) is 32.7 Å². The fourth-order valence-corrected chi connectivity index (χ4v) is 6.31. The highest BCUT2D eigenvalue weighted by molar-refractivity contribution is 9.10. The lowest BCUT2D eigenvalue weighted by molar-refractivity contribution is -0.137. The first-order chi connectivity index (χ1) is 26.0. The number of pyridine rings is 2. The summed E-state index contributed by atoms with van der Waals surface area (Å²) in [6, 6.07) is 24.0. The van der Waals surface area contributed by atoms with E-state index in [1.165, 1.54) is 29.5 Å². The number of aromatic nitrogens is 2. The van der Waals surface area contributed by atoms with Crippen LogP contribution in [0.2, 0.25) is 5.02 Å². The second-order valence-corrected chi connectivity index (χ2v) is 14.0. The zero-order valence-electron chi connectivity index (χ0n) is 29.8. The summed E-state index contributed by atoms with van der Waals surface area (Å²) in [7, 11) is 0. The van der Waals surface area contributed by atoms with Crippen molar-refractivity contribution in [3.8, 4) is 23.1 Å². The third-order valence-electron chi connectivity index (χ3n) is 8.75. The van der Waals surface area contributed by atoms with Crippen LogP contribution in [-0.4, -0.2) is 58.5 Å². The molecule has 5 aromatic rings. The maximum Gasteiger partial charge on any atom is 0.416 e. The monoisotopic (exact) mass is 856 g/mol. The SMILES string of the molecule is Cc1cc(/C=C/C(=O)N2CCN(Cc3ccc(CCOc4ccc(Br)nc4)cc3)CC2)cc(Cl)c1Oc1ccc(OCc2ccc(C(F)(F)F)cc2)cn1.Cl. The first-order valence-corrected chi connectivity index (χ1v) is 18.4. The molecule has 0 atom stereocenters. The second-order valence-electron chi connectivity index (χ2n) is 12.7. The molecule has 14 heteroatoms. The summed E-state index contributed by atoms with van der Waals surface area (Å²) in [4.78, 5) is 25.7. The lowest BCUT2D eigenvalue weighted by Gasteiger charge is -2.34. The van der Waals surface area contributed by atoms with Gasteiger partial charge in [-0.1, -0.05) is 48.0 Å². The molecule has 2 aromatic heterocycles. The van der Waals surface area contributed by atoms with E-state index in [2.05, 4.69) is 55.1 Å². The van der Waals surface area contributed by atoms with Gasteiger partial charge in [-0.05, 0) is 99.2 Å². The van der Waals surface area contributed by atoms with Gasteiger partial charge in [0.25, 0.3) is 0 Å². The third-order valence-corrected chi connectivity index (χ3v) is 9.50. The quantitative estimate of drug-likeness (QED) is 0.0862. The van der Waals surface area contributed by atoms with Gasteiger partial charge < -0.3 is 19.1 Å². The van der Waals surface area contributed by atoms with Gasteiger partial charge in [-0.3, -0.25) is 9.69 Å². The van der Waals surface area contributed by atoms with Crippen LogP contribution in [0.25, 0.3) is 6.08 Å². The summed E-state index contributed by atoms with van der Waals surface area (Å²) in [6.45, 7) is 6.19. The molecule has 8 nitrogen and oxygen atoms in total. The van der Waals surface area contributed by atoms with Gasteiger partial charge in [0.2, 0.25) is 11.8 Å². The van der Waals surface area contributed by atoms with Crippen molar-refractivity contribution in [3.05, 3.63) is 146 Å². The lowest BCUT2D eigenvalue weighted by Crippen LogP contribution is -2.47. The molecule has 6 rings (SSSR count). The number of hydrogen-bond donors (Lipinski definition) is 0. The number of aryl methyl sites for hydroxylation is 1. The van der Waals surface area contributed by atoms with E-state index in [1.807, 2.05) is 30.0 Å². The normalized spacial score (nSPS) is 13.4. The van der Waals surface area contributed by atoms with Crippen LogP contribution in [0.3, 0.4) is 0 Å². The van der Waals surface area contributed by atoms with Crippen LogP contribution in [0.5, 0.6) is 23.1 Å². The molecule has 1 aliphatic heterocycles. The Morgan fingerprint density at radius 1 is 0.855 bits per heavy atom. The van der Waals surface area contributed by atoms with Crippen molar-refractivity contribution in [3.63, 3.8) is 0 Å². The topological polar surface area (TPSA) is 77.0 Å². The summed E-state index contributed by atoms with van der Waals surface area (Å²) >= 11 is 9.91. The smallest absolute Gasteiger partial charge is 0.416 e. The molecular formula is C41H38BrCl2F3N4O4. The molecule has 55 heavy (non-hydrogen) atoms. The van der Waals surface area contributed by atoms with Crippen LogP contribution in [0.4, 0.5) is 13.2 Å². The zero-order valence-corrected chi connectivity index (χ0v) is 32.9. The van der Waals surface area contributed by atoms with Gasteiger partial charge in [-0.15, -0.1) is 12.4 Å². The minimum Gasteiger partial charge on any atom is -0.492 e. The van der Waals surface area contributed by atoms with Crippen molar-refractivity contribution >= 4 is 51.9 Å². The molecule has 288 valence electrons. The fourth-order valence-electron chi connectivity index (χ4n) is 5.76.